The lowest BCUT2D eigenvalue weighted by Crippen LogP contribution is -2.50. The molecule has 0 radical (unpaired) electrons. The van der Waals surface area contributed by atoms with Crippen molar-refractivity contribution in [3.63, 3.8) is 0 Å². The molecule has 7 heteroatoms. The van der Waals surface area contributed by atoms with Crippen LogP contribution in [0.1, 0.15) is 31.2 Å². The number of nitrogens with zero attached hydrogens (tertiary/aromatic N) is 1. The number of carbonyl (C=O) groups excluding carboxylic acids is 1. The van der Waals surface area contributed by atoms with Crippen LogP contribution in [0.3, 0.4) is 0 Å². The van der Waals surface area contributed by atoms with E-state index in [0.717, 1.165) is 30.2 Å². The zero-order valence-corrected chi connectivity index (χ0v) is 17.5. The molecule has 1 N–H and O–H groups in total. The number of carbonyl (C=O) groups is 1. The third-order valence-electron chi connectivity index (χ3n) is 5.64. The topological polar surface area (TPSA) is 59.0 Å². The number of hydrogen-bond acceptors (Lipinski definition) is 4. The van der Waals surface area contributed by atoms with E-state index in [-0.39, 0.29) is 43.1 Å². The van der Waals surface area contributed by atoms with Gasteiger partial charge >= 0.3 is 0 Å². The molecular formula is C22H23BrFNO4. The highest BCUT2D eigenvalue weighted by Crippen LogP contribution is 2.37. The Morgan fingerprint density at radius 2 is 1.83 bits per heavy atom. The van der Waals surface area contributed by atoms with Crippen molar-refractivity contribution in [2.45, 2.75) is 50.5 Å². The first-order valence-corrected chi connectivity index (χ1v) is 10.6. The highest BCUT2D eigenvalue weighted by Gasteiger charge is 2.44. The molecule has 2 fully saturated rings. The fraction of sp³-hybridized carbons (Fsp3) is 0.409. The summed E-state index contributed by atoms with van der Waals surface area (Å²) in [5.41, 5.74) is 0.640. The van der Waals surface area contributed by atoms with Crippen LogP contribution in [0.4, 0.5) is 4.39 Å². The minimum atomic E-state index is -0.284. The number of aliphatic hydroxyl groups is 1. The summed E-state index contributed by atoms with van der Waals surface area (Å²) in [5.74, 6) is 0.856. The Balaban J connectivity index is 1.35. The molecule has 2 saturated heterocycles. The van der Waals surface area contributed by atoms with Crippen molar-refractivity contribution in [2.24, 2.45) is 0 Å². The third-order valence-corrected chi connectivity index (χ3v) is 6.13. The Bertz CT molecular complexity index is 862. The number of halogens is 2. The van der Waals surface area contributed by atoms with Crippen LogP contribution in [0.2, 0.25) is 0 Å². The Hall–Kier alpha value is -2.12. The van der Waals surface area contributed by atoms with E-state index in [1.807, 2.05) is 11.0 Å². The summed E-state index contributed by atoms with van der Waals surface area (Å²) in [7, 11) is 0. The standard InChI is InChI=1S/C22H23BrFNO4/c23-15-1-8-21(14(9-15)12-26)28-13-22(27)25-17-4-5-18(25)11-20(10-17)29-19-6-2-16(24)3-7-19/h1-3,6-9,17-18,20,26H,4-5,10-13H2/t17-,18+,20?. The number of piperidine rings is 1. The smallest absolute Gasteiger partial charge is 0.261 e. The predicted molar refractivity (Wildman–Crippen MR) is 109 cm³/mol. The van der Waals surface area contributed by atoms with Gasteiger partial charge in [0.25, 0.3) is 5.91 Å². The van der Waals surface area contributed by atoms with E-state index in [0.29, 0.717) is 17.1 Å². The minimum absolute atomic E-state index is 0.0235. The number of rotatable bonds is 6. The summed E-state index contributed by atoms with van der Waals surface area (Å²) in [6.45, 7) is -0.203. The Morgan fingerprint density at radius 1 is 1.14 bits per heavy atom. The first-order chi connectivity index (χ1) is 14.0. The van der Waals surface area contributed by atoms with Crippen LogP contribution in [0.25, 0.3) is 0 Å². The van der Waals surface area contributed by atoms with Crippen LogP contribution >= 0.6 is 15.9 Å². The highest BCUT2D eigenvalue weighted by molar-refractivity contribution is 9.10. The Kier molecular flexibility index (Phi) is 6.06. The molecule has 2 aliphatic rings. The molecule has 2 aromatic rings. The van der Waals surface area contributed by atoms with Crippen LogP contribution in [0, 0.1) is 5.82 Å². The number of hydrogen-bond donors (Lipinski definition) is 1. The molecule has 154 valence electrons. The van der Waals surface area contributed by atoms with Crippen molar-refractivity contribution in [1.82, 2.24) is 4.90 Å². The largest absolute Gasteiger partial charge is 0.490 e. The molecule has 0 saturated carbocycles. The van der Waals surface area contributed by atoms with Gasteiger partial charge in [0.1, 0.15) is 23.4 Å². The van der Waals surface area contributed by atoms with E-state index < -0.39 is 0 Å². The maximum atomic E-state index is 13.1. The number of aliphatic hydroxyl groups excluding tert-OH is 1. The molecule has 0 aliphatic carbocycles. The molecule has 0 aromatic heterocycles. The summed E-state index contributed by atoms with van der Waals surface area (Å²) in [4.78, 5) is 14.8. The van der Waals surface area contributed by atoms with Crippen molar-refractivity contribution in [1.29, 1.82) is 0 Å². The van der Waals surface area contributed by atoms with Gasteiger partial charge in [-0.05, 0) is 55.3 Å². The van der Waals surface area contributed by atoms with E-state index in [4.69, 9.17) is 9.47 Å². The van der Waals surface area contributed by atoms with Crippen molar-refractivity contribution in [2.75, 3.05) is 6.61 Å². The lowest BCUT2D eigenvalue weighted by atomic mass is 9.99. The second kappa shape index (κ2) is 8.71. The number of ether oxygens (including phenoxy) is 2. The SMILES string of the molecule is O=C(COc1ccc(Br)cc1CO)N1[C@@H]2CC[C@H]1CC(Oc1ccc(F)cc1)C2. The molecule has 2 heterocycles. The van der Waals surface area contributed by atoms with Crippen molar-refractivity contribution in [3.8, 4) is 11.5 Å². The first-order valence-electron chi connectivity index (χ1n) is 9.79. The third kappa shape index (κ3) is 4.56. The van der Waals surface area contributed by atoms with Gasteiger partial charge in [-0.2, -0.15) is 0 Å². The zero-order valence-electron chi connectivity index (χ0n) is 15.9. The average Bonchev–Trinajstić information content (AvgIpc) is 2.99. The highest BCUT2D eigenvalue weighted by atomic mass is 79.9. The van der Waals surface area contributed by atoms with Crippen LogP contribution in [-0.4, -0.2) is 40.7 Å². The normalized spacial score (nSPS) is 23.1. The van der Waals surface area contributed by atoms with Gasteiger partial charge in [-0.15, -0.1) is 0 Å². The number of benzene rings is 2. The molecule has 2 bridgehead atoms. The molecule has 3 atom stereocenters. The summed E-state index contributed by atoms with van der Waals surface area (Å²) in [6, 6.07) is 11.7. The quantitative estimate of drug-likeness (QED) is 0.701. The van der Waals surface area contributed by atoms with Crippen LogP contribution < -0.4 is 9.47 Å². The molecule has 2 aliphatic heterocycles. The summed E-state index contributed by atoms with van der Waals surface area (Å²) in [5, 5.41) is 9.49. The lowest BCUT2D eigenvalue weighted by Gasteiger charge is -2.38. The van der Waals surface area contributed by atoms with Crippen LogP contribution in [0.15, 0.2) is 46.9 Å². The molecular weight excluding hydrogens is 441 g/mol. The van der Waals surface area contributed by atoms with Gasteiger partial charge in [-0.25, -0.2) is 4.39 Å². The van der Waals surface area contributed by atoms with E-state index in [9.17, 15) is 14.3 Å². The monoisotopic (exact) mass is 463 g/mol. The van der Waals surface area contributed by atoms with Gasteiger partial charge in [-0.1, -0.05) is 15.9 Å². The molecule has 1 unspecified atom stereocenters. The fourth-order valence-electron chi connectivity index (χ4n) is 4.36. The summed E-state index contributed by atoms with van der Waals surface area (Å²) < 4.78 is 25.7. The minimum Gasteiger partial charge on any atom is -0.490 e. The van der Waals surface area contributed by atoms with Gasteiger partial charge in [0, 0.05) is 35.0 Å². The molecule has 0 spiro atoms. The number of fused-ring (bicyclic) bond motifs is 2. The average molecular weight is 464 g/mol. The number of amides is 1. The second-order valence-electron chi connectivity index (χ2n) is 7.55. The maximum absolute atomic E-state index is 13.1. The van der Waals surface area contributed by atoms with Gasteiger partial charge in [0.15, 0.2) is 6.61 Å². The zero-order chi connectivity index (χ0) is 20.4. The second-order valence-corrected chi connectivity index (χ2v) is 8.47. The Morgan fingerprint density at radius 3 is 2.48 bits per heavy atom. The van der Waals surface area contributed by atoms with Crippen molar-refractivity contribution in [3.05, 3.63) is 58.3 Å². The molecule has 2 aromatic carbocycles. The lowest BCUT2D eigenvalue weighted by molar-refractivity contribution is -0.139. The van der Waals surface area contributed by atoms with Crippen LogP contribution in [0.5, 0.6) is 11.5 Å². The molecule has 4 rings (SSSR count). The predicted octanol–water partition coefficient (Wildman–Crippen LogP) is 4.06. The van der Waals surface area contributed by atoms with Gasteiger partial charge in [0.05, 0.1) is 6.61 Å². The maximum Gasteiger partial charge on any atom is 0.261 e. The fourth-order valence-corrected chi connectivity index (χ4v) is 4.77. The molecule has 29 heavy (non-hydrogen) atoms. The van der Waals surface area contributed by atoms with E-state index in [1.165, 1.54) is 12.1 Å². The van der Waals surface area contributed by atoms with Crippen molar-refractivity contribution < 1.29 is 23.8 Å². The summed E-state index contributed by atoms with van der Waals surface area (Å²) >= 11 is 3.36. The van der Waals surface area contributed by atoms with Gasteiger partial charge in [-0.3, -0.25) is 4.79 Å². The first kappa shape index (κ1) is 20.2. The van der Waals surface area contributed by atoms with E-state index >= 15 is 0 Å². The van der Waals surface area contributed by atoms with Crippen LogP contribution in [-0.2, 0) is 11.4 Å². The molecule has 1 amide bonds. The van der Waals surface area contributed by atoms with Gasteiger partial charge < -0.3 is 19.5 Å². The van der Waals surface area contributed by atoms with E-state index in [1.54, 1.807) is 24.3 Å². The van der Waals surface area contributed by atoms with E-state index in [2.05, 4.69) is 15.9 Å². The van der Waals surface area contributed by atoms with Gasteiger partial charge in [0.2, 0.25) is 0 Å². The summed E-state index contributed by atoms with van der Waals surface area (Å²) in [6.07, 6.45) is 3.47. The Labute approximate surface area is 177 Å². The molecule has 5 nitrogen and oxygen atoms in total. The van der Waals surface area contributed by atoms with Crippen molar-refractivity contribution >= 4 is 21.8 Å².